The van der Waals surface area contributed by atoms with Crippen LogP contribution in [0.25, 0.3) is 0 Å². The molecule has 0 aromatic heterocycles. The van der Waals surface area contributed by atoms with Gasteiger partial charge in [0.2, 0.25) is 0 Å². The van der Waals surface area contributed by atoms with Gasteiger partial charge in [0.1, 0.15) is 0 Å². The quantitative estimate of drug-likeness (QED) is 0.199. The molecule has 0 saturated carbocycles. The molecule has 0 aromatic carbocycles. The second kappa shape index (κ2) is 10.8. The highest BCUT2D eigenvalue weighted by atomic mass is 16.4. The number of piperidine rings is 1. The summed E-state index contributed by atoms with van der Waals surface area (Å²) in [5.74, 6) is 0. The normalized spacial score (nSPS) is 35.6. The lowest BCUT2D eigenvalue weighted by Crippen LogP contribution is -2.48. The van der Waals surface area contributed by atoms with Crippen LogP contribution in [0, 0.1) is 0 Å². The maximum absolute atomic E-state index is 10.2. The van der Waals surface area contributed by atoms with Gasteiger partial charge in [0, 0.05) is 12.1 Å². The van der Waals surface area contributed by atoms with Crippen LogP contribution in [0.4, 0.5) is 0 Å². The van der Waals surface area contributed by atoms with Gasteiger partial charge in [-0.2, -0.15) is 0 Å². The summed E-state index contributed by atoms with van der Waals surface area (Å²) in [5.41, 5.74) is 0. The van der Waals surface area contributed by atoms with Gasteiger partial charge in [0.25, 0.3) is 0 Å². The summed E-state index contributed by atoms with van der Waals surface area (Å²) in [6, 6.07) is -0.591. The molecule has 7 nitrogen and oxygen atoms in total. The summed E-state index contributed by atoms with van der Waals surface area (Å²) in [7, 11) is 0. The summed E-state index contributed by atoms with van der Waals surface area (Å²) < 4.78 is 0. The van der Waals surface area contributed by atoms with Gasteiger partial charge in [-0.1, -0.05) is 32.1 Å². The predicted octanol–water partition coefficient (Wildman–Crippen LogP) is -0.755. The van der Waals surface area contributed by atoms with Crippen LogP contribution < -0.4 is 10.6 Å². The Balaban J connectivity index is 1.53. The van der Waals surface area contributed by atoms with E-state index in [4.69, 9.17) is 5.11 Å². The molecule has 2 rings (SSSR count). The van der Waals surface area contributed by atoms with E-state index in [0.717, 1.165) is 57.9 Å². The van der Waals surface area contributed by atoms with Crippen LogP contribution in [0.1, 0.15) is 57.8 Å². The highest BCUT2D eigenvalue weighted by Gasteiger charge is 2.39. The minimum absolute atomic E-state index is 0.0181. The Kier molecular flexibility index (Phi) is 9.06. The van der Waals surface area contributed by atoms with Crippen molar-refractivity contribution in [3.63, 3.8) is 0 Å². The number of rotatable bonds is 10. The molecular weight excluding hydrogens is 333 g/mol. The summed E-state index contributed by atoms with van der Waals surface area (Å²) in [6.45, 7) is 0.742. The first kappa shape index (κ1) is 21.0. The lowest BCUT2D eigenvalue weighted by Gasteiger charge is -2.30. The van der Waals surface area contributed by atoms with Gasteiger partial charge in [-0.3, -0.25) is 0 Å². The molecule has 0 aromatic rings. The Morgan fingerprint density at radius 3 is 2.28 bits per heavy atom. The van der Waals surface area contributed by atoms with Crippen LogP contribution >= 0.6 is 0 Å². The van der Waals surface area contributed by atoms with Crippen molar-refractivity contribution in [1.29, 1.82) is 0 Å². The number of nitrogens with one attached hydrogen (secondary N) is 2. The van der Waals surface area contributed by atoms with E-state index < -0.39 is 30.5 Å². The van der Waals surface area contributed by atoms with Gasteiger partial charge < -0.3 is 36.2 Å². The standard InChI is InChI=1S/C18H36N2O5/c21-11-14-18(25)17(24)13(20-14)8-3-1-2-4-9-15(22)16(23)12-7-5-6-10-19-12/h12-25H,1-11H2/t12?,13-,14-,15-,16+,17-,18-/m1/s1/i1+1,4+1,5+1,8+1,10+1,11+1,12+1,15+1,17+1. The Morgan fingerprint density at radius 1 is 0.920 bits per heavy atom. The first-order valence-corrected chi connectivity index (χ1v) is 9.87. The third-order valence-electron chi connectivity index (χ3n) is 5.72. The number of hydrogen-bond donors (Lipinski definition) is 7. The van der Waals surface area contributed by atoms with Crippen molar-refractivity contribution in [3.8, 4) is 0 Å². The average molecular weight is 369 g/mol. The van der Waals surface area contributed by atoms with Gasteiger partial charge in [0.05, 0.1) is 37.1 Å². The van der Waals surface area contributed by atoms with Crippen molar-refractivity contribution in [3.05, 3.63) is 0 Å². The Bertz CT molecular complexity index is 367. The lowest BCUT2D eigenvalue weighted by molar-refractivity contribution is -0.0145. The largest absolute Gasteiger partial charge is 0.395 e. The Hall–Kier alpha value is -0.280. The molecule has 2 heterocycles. The van der Waals surface area contributed by atoms with Crippen molar-refractivity contribution in [2.75, 3.05) is 13.2 Å². The van der Waals surface area contributed by atoms with E-state index in [1.54, 1.807) is 0 Å². The van der Waals surface area contributed by atoms with E-state index in [1.165, 1.54) is 0 Å². The SMILES string of the molecule is O[13CH2][C@H]1N[C@H]([13CH2]C[13CH2]C[13CH2]C[13C@@H](O)[C@@H](O)[13CH]2C[13CH2]C[13CH2]N2)[13C@@H](O)[C@@H]1O. The van der Waals surface area contributed by atoms with E-state index in [2.05, 4.69) is 10.6 Å². The number of hydrogen-bond acceptors (Lipinski definition) is 7. The highest BCUT2D eigenvalue weighted by Crippen LogP contribution is 2.20. The van der Waals surface area contributed by atoms with Gasteiger partial charge >= 0.3 is 0 Å². The van der Waals surface area contributed by atoms with Crippen molar-refractivity contribution in [2.45, 2.75) is 100 Å². The Morgan fingerprint density at radius 2 is 1.64 bits per heavy atom. The van der Waals surface area contributed by atoms with Crippen molar-refractivity contribution in [1.82, 2.24) is 10.6 Å². The third kappa shape index (κ3) is 6.13. The van der Waals surface area contributed by atoms with Crippen molar-refractivity contribution >= 4 is 0 Å². The molecule has 0 amide bonds. The minimum Gasteiger partial charge on any atom is -0.395 e. The van der Waals surface area contributed by atoms with Crippen LogP contribution in [0.15, 0.2) is 0 Å². The third-order valence-corrected chi connectivity index (χ3v) is 5.72. The van der Waals surface area contributed by atoms with E-state index in [-0.39, 0.29) is 18.7 Å². The van der Waals surface area contributed by atoms with Crippen LogP contribution in [0.5, 0.6) is 0 Å². The first-order chi connectivity index (χ1) is 12.0. The predicted molar refractivity (Wildman–Crippen MR) is 95.2 cm³/mol. The maximum Gasteiger partial charge on any atom is 0.0989 e. The molecule has 2 fully saturated rings. The molecule has 1 unspecified atom stereocenters. The summed E-state index contributed by atoms with van der Waals surface area (Å²) >= 11 is 0. The number of aliphatic hydroxyl groups is 5. The number of unbranched alkanes of at least 4 members (excludes halogenated alkanes) is 3. The smallest absolute Gasteiger partial charge is 0.0989 e. The van der Waals surface area contributed by atoms with Crippen LogP contribution in [0.2, 0.25) is 0 Å². The molecule has 2 aliphatic rings. The van der Waals surface area contributed by atoms with Gasteiger partial charge in [-0.15, -0.1) is 0 Å². The van der Waals surface area contributed by atoms with E-state index in [1.807, 2.05) is 0 Å². The first-order valence-electron chi connectivity index (χ1n) is 9.87. The highest BCUT2D eigenvalue weighted by molar-refractivity contribution is 4.97. The zero-order valence-electron chi connectivity index (χ0n) is 15.1. The minimum atomic E-state index is -0.903. The van der Waals surface area contributed by atoms with E-state index in [9.17, 15) is 20.4 Å². The van der Waals surface area contributed by atoms with E-state index >= 15 is 0 Å². The molecular formula is C18H36N2O5. The zero-order chi connectivity index (χ0) is 18.2. The molecule has 7 N–H and O–H groups in total. The average Bonchev–Trinajstić information content (AvgIpc) is 2.92. The summed E-state index contributed by atoms with van der Waals surface area (Å²) in [5, 5.41) is 55.5. The van der Waals surface area contributed by atoms with Crippen LogP contribution in [0.3, 0.4) is 0 Å². The fourth-order valence-electron chi connectivity index (χ4n) is 4.04. The molecule has 0 bridgehead atoms. The second-order valence-corrected chi connectivity index (χ2v) is 7.65. The maximum atomic E-state index is 10.2. The monoisotopic (exact) mass is 369 g/mol. The van der Waals surface area contributed by atoms with Gasteiger partial charge in [-0.25, -0.2) is 0 Å². The second-order valence-electron chi connectivity index (χ2n) is 7.65. The van der Waals surface area contributed by atoms with Crippen LogP contribution in [-0.2, 0) is 0 Å². The molecule has 7 atom stereocenters. The van der Waals surface area contributed by atoms with Crippen molar-refractivity contribution < 1.29 is 25.5 Å². The Labute approximate surface area is 150 Å². The van der Waals surface area contributed by atoms with Gasteiger partial charge in [-0.05, 0) is 32.2 Å². The zero-order valence-corrected chi connectivity index (χ0v) is 15.1. The van der Waals surface area contributed by atoms with E-state index in [0.29, 0.717) is 6.42 Å². The molecule has 7 heteroatoms. The molecule has 148 valence electrons. The van der Waals surface area contributed by atoms with Gasteiger partial charge in [0.15, 0.2) is 0 Å². The van der Waals surface area contributed by atoms with Crippen LogP contribution in [-0.4, -0.2) is 81.2 Å². The topological polar surface area (TPSA) is 125 Å². The molecule has 25 heavy (non-hydrogen) atoms. The summed E-state index contributed by atoms with van der Waals surface area (Å²) in [4.78, 5) is 0. The molecule has 0 aliphatic carbocycles. The molecule has 2 saturated heterocycles. The fourth-order valence-corrected chi connectivity index (χ4v) is 4.04. The molecule has 0 spiro atoms. The fraction of sp³-hybridized carbons (Fsp3) is 1.00. The number of aliphatic hydroxyl groups excluding tert-OH is 5. The molecule has 2 aliphatic heterocycles. The lowest BCUT2D eigenvalue weighted by atomic mass is 10.4. The molecule has 0 radical (unpaired) electrons. The summed E-state index contributed by atoms with van der Waals surface area (Å²) in [6.07, 6.45) is 5.19. The van der Waals surface area contributed by atoms with Crippen molar-refractivity contribution in [2.24, 2.45) is 0 Å².